The highest BCUT2D eigenvalue weighted by Crippen LogP contribution is 2.32. The maximum absolute atomic E-state index is 13.0. The van der Waals surface area contributed by atoms with Gasteiger partial charge in [-0.2, -0.15) is 0 Å². The van der Waals surface area contributed by atoms with E-state index < -0.39 is 5.66 Å². The van der Waals surface area contributed by atoms with Crippen molar-refractivity contribution in [2.75, 3.05) is 20.2 Å². The normalized spacial score (nSPS) is 18.0. The predicted molar refractivity (Wildman–Crippen MR) is 128 cm³/mol. The van der Waals surface area contributed by atoms with Gasteiger partial charge in [0.15, 0.2) is 0 Å². The summed E-state index contributed by atoms with van der Waals surface area (Å²) in [6.07, 6.45) is 0.761. The summed E-state index contributed by atoms with van der Waals surface area (Å²) in [5.74, 6) is 0.835. The van der Waals surface area contributed by atoms with Gasteiger partial charge in [0.1, 0.15) is 11.4 Å². The summed E-state index contributed by atoms with van der Waals surface area (Å²) < 4.78 is 5.27. The Balaban J connectivity index is 1.63. The summed E-state index contributed by atoms with van der Waals surface area (Å²) in [7, 11) is 1.67. The Bertz CT molecular complexity index is 1070. The van der Waals surface area contributed by atoms with E-state index in [1.165, 1.54) is 22.3 Å². The molecule has 5 nitrogen and oxygen atoms in total. The number of carbonyl (C=O) groups excluding carboxylic acids is 1. The average Bonchev–Trinajstić information content (AvgIpc) is 3.15. The first-order valence-electron chi connectivity index (χ1n) is 11.1. The van der Waals surface area contributed by atoms with Gasteiger partial charge in [-0.05, 0) is 60.2 Å². The van der Waals surface area contributed by atoms with Gasteiger partial charge in [0, 0.05) is 13.1 Å². The van der Waals surface area contributed by atoms with Gasteiger partial charge >= 0.3 is 6.03 Å². The second kappa shape index (κ2) is 9.45. The highest BCUT2D eigenvalue weighted by molar-refractivity contribution is 5.78. The average molecular weight is 430 g/mol. The Morgan fingerprint density at radius 1 is 0.969 bits per heavy atom. The number of methoxy groups -OCH3 is 1. The van der Waals surface area contributed by atoms with E-state index in [4.69, 9.17) is 4.74 Å². The van der Waals surface area contributed by atoms with Crippen molar-refractivity contribution in [2.45, 2.75) is 32.5 Å². The van der Waals surface area contributed by atoms with Crippen molar-refractivity contribution in [3.05, 3.63) is 101 Å². The van der Waals surface area contributed by atoms with Crippen LogP contribution >= 0.6 is 0 Å². The molecule has 5 heteroatoms. The summed E-state index contributed by atoms with van der Waals surface area (Å²) in [4.78, 5) is 15.0. The summed E-state index contributed by atoms with van der Waals surface area (Å²) in [6.45, 7) is 6.02. The summed E-state index contributed by atoms with van der Waals surface area (Å²) in [6, 6.07) is 24.8. The lowest BCUT2D eigenvalue weighted by molar-refractivity contribution is 0.124. The lowest BCUT2D eigenvalue weighted by Crippen LogP contribution is -2.55. The van der Waals surface area contributed by atoms with Crippen molar-refractivity contribution in [1.29, 1.82) is 0 Å². The molecular formula is C27H31N3O2. The number of carbonyl (C=O) groups is 1. The second-order valence-electron chi connectivity index (χ2n) is 8.41. The van der Waals surface area contributed by atoms with Crippen molar-refractivity contribution < 1.29 is 9.53 Å². The Labute approximate surface area is 190 Å². The fraction of sp³-hybridized carbons (Fsp3) is 0.296. The van der Waals surface area contributed by atoms with E-state index in [1.54, 1.807) is 7.11 Å². The van der Waals surface area contributed by atoms with E-state index in [1.807, 2.05) is 35.2 Å². The van der Waals surface area contributed by atoms with Crippen LogP contribution in [0.4, 0.5) is 4.79 Å². The smallest absolute Gasteiger partial charge is 0.319 e. The number of ether oxygens (including phenoxy) is 1. The van der Waals surface area contributed by atoms with Crippen molar-refractivity contribution in [3.8, 4) is 5.75 Å². The maximum Gasteiger partial charge on any atom is 0.319 e. The molecule has 3 aromatic rings. The molecule has 3 aromatic carbocycles. The molecule has 1 fully saturated rings. The minimum absolute atomic E-state index is 0.0442. The zero-order valence-electron chi connectivity index (χ0n) is 19.0. The summed E-state index contributed by atoms with van der Waals surface area (Å²) in [5, 5.41) is 6.82. The van der Waals surface area contributed by atoms with Crippen LogP contribution in [-0.2, 0) is 18.6 Å². The number of urea groups is 1. The topological polar surface area (TPSA) is 53.6 Å². The van der Waals surface area contributed by atoms with Gasteiger partial charge in [0.05, 0.1) is 13.7 Å². The number of rotatable bonds is 8. The highest BCUT2D eigenvalue weighted by atomic mass is 16.5. The molecule has 0 radical (unpaired) electrons. The lowest BCUT2D eigenvalue weighted by atomic mass is 9.94. The third-order valence-corrected chi connectivity index (χ3v) is 6.40. The summed E-state index contributed by atoms with van der Waals surface area (Å²) >= 11 is 0. The van der Waals surface area contributed by atoms with Crippen LogP contribution in [-0.4, -0.2) is 31.1 Å². The van der Waals surface area contributed by atoms with E-state index in [0.717, 1.165) is 17.7 Å². The molecule has 0 aromatic heterocycles. The van der Waals surface area contributed by atoms with Crippen molar-refractivity contribution in [3.63, 3.8) is 0 Å². The van der Waals surface area contributed by atoms with Gasteiger partial charge in [-0.15, -0.1) is 0 Å². The Hall–Kier alpha value is -3.31. The van der Waals surface area contributed by atoms with Crippen LogP contribution in [0.5, 0.6) is 5.75 Å². The maximum atomic E-state index is 13.0. The monoisotopic (exact) mass is 429 g/mol. The first kappa shape index (κ1) is 21.9. The number of nitrogens with zero attached hydrogens (tertiary/aromatic N) is 1. The Morgan fingerprint density at radius 3 is 2.41 bits per heavy atom. The molecule has 1 saturated heterocycles. The largest absolute Gasteiger partial charge is 0.497 e. The molecule has 1 unspecified atom stereocenters. The minimum atomic E-state index is -0.613. The molecule has 0 saturated carbocycles. The van der Waals surface area contributed by atoms with E-state index in [2.05, 4.69) is 66.9 Å². The van der Waals surface area contributed by atoms with Crippen molar-refractivity contribution in [1.82, 2.24) is 15.5 Å². The number of hydrogen-bond donors (Lipinski definition) is 2. The first-order chi connectivity index (χ1) is 15.5. The van der Waals surface area contributed by atoms with Gasteiger partial charge < -0.3 is 15.0 Å². The molecule has 0 spiro atoms. The third kappa shape index (κ3) is 4.48. The van der Waals surface area contributed by atoms with Crippen LogP contribution < -0.4 is 15.4 Å². The molecule has 1 atom stereocenters. The third-order valence-electron chi connectivity index (χ3n) is 6.40. The number of hydrogen-bond acceptors (Lipinski definition) is 3. The summed E-state index contributed by atoms with van der Waals surface area (Å²) in [5.41, 5.74) is 5.31. The number of amides is 2. The first-order valence-corrected chi connectivity index (χ1v) is 11.1. The van der Waals surface area contributed by atoms with Crippen LogP contribution in [0.2, 0.25) is 0 Å². The molecule has 1 aliphatic rings. The number of aryl methyl sites for hydroxylation is 2. The fourth-order valence-electron chi connectivity index (χ4n) is 4.25. The zero-order chi connectivity index (χ0) is 22.6. The SMILES string of the molecule is COc1ccc(CCN2C(=O)NCC2(NCc2ccccc2)c2ccc(C)c(C)c2)cc1. The van der Waals surface area contributed by atoms with E-state index >= 15 is 0 Å². The molecule has 0 bridgehead atoms. The number of nitrogens with one attached hydrogen (secondary N) is 2. The van der Waals surface area contributed by atoms with Gasteiger partial charge in [0.2, 0.25) is 0 Å². The van der Waals surface area contributed by atoms with Crippen LogP contribution in [0.3, 0.4) is 0 Å². The Morgan fingerprint density at radius 2 is 1.72 bits per heavy atom. The van der Waals surface area contributed by atoms with Gasteiger partial charge in [-0.25, -0.2) is 4.79 Å². The molecule has 1 aliphatic heterocycles. The molecule has 2 amide bonds. The zero-order valence-corrected chi connectivity index (χ0v) is 19.0. The quantitative estimate of drug-likeness (QED) is 0.553. The molecule has 32 heavy (non-hydrogen) atoms. The van der Waals surface area contributed by atoms with E-state index in [9.17, 15) is 4.79 Å². The molecule has 166 valence electrons. The fourth-order valence-corrected chi connectivity index (χ4v) is 4.25. The van der Waals surface area contributed by atoms with Crippen LogP contribution in [0.1, 0.15) is 27.8 Å². The predicted octanol–water partition coefficient (Wildman–Crippen LogP) is 4.52. The number of benzene rings is 3. The highest BCUT2D eigenvalue weighted by Gasteiger charge is 2.46. The van der Waals surface area contributed by atoms with E-state index in [-0.39, 0.29) is 6.03 Å². The van der Waals surface area contributed by atoms with Crippen molar-refractivity contribution >= 4 is 6.03 Å². The minimum Gasteiger partial charge on any atom is -0.497 e. The Kier molecular flexibility index (Phi) is 6.47. The molecule has 1 heterocycles. The molecule has 0 aliphatic carbocycles. The van der Waals surface area contributed by atoms with Gasteiger partial charge in [0.25, 0.3) is 0 Å². The van der Waals surface area contributed by atoms with E-state index in [0.29, 0.717) is 19.6 Å². The lowest BCUT2D eigenvalue weighted by Gasteiger charge is -2.39. The van der Waals surface area contributed by atoms with Crippen molar-refractivity contribution in [2.24, 2.45) is 0 Å². The van der Waals surface area contributed by atoms with Gasteiger partial charge in [-0.3, -0.25) is 5.32 Å². The van der Waals surface area contributed by atoms with Crippen LogP contribution in [0.15, 0.2) is 72.8 Å². The molecule has 2 N–H and O–H groups in total. The van der Waals surface area contributed by atoms with Crippen LogP contribution in [0.25, 0.3) is 0 Å². The second-order valence-corrected chi connectivity index (χ2v) is 8.41. The standard InChI is InChI=1S/C27H31N3O2/c1-20-9-12-24(17-21(20)2)27(29-18-23-7-5-4-6-8-23)19-28-26(31)30(27)16-15-22-10-13-25(32-3)14-11-22/h4-14,17,29H,15-16,18-19H2,1-3H3,(H,28,31). The molecule has 4 rings (SSSR count). The van der Waals surface area contributed by atoms with Crippen LogP contribution in [0, 0.1) is 13.8 Å². The molecular weight excluding hydrogens is 398 g/mol. The van der Waals surface area contributed by atoms with Gasteiger partial charge in [-0.1, -0.05) is 60.7 Å².